The van der Waals surface area contributed by atoms with E-state index < -0.39 is 23.2 Å². The molecule has 2 atom stereocenters. The van der Waals surface area contributed by atoms with Gasteiger partial charge in [-0.05, 0) is 58.8 Å². The Balaban J connectivity index is 2.17. The number of amides is 1. The third-order valence-corrected chi connectivity index (χ3v) is 6.35. The van der Waals surface area contributed by atoms with Gasteiger partial charge in [-0.1, -0.05) is 60.7 Å². The van der Waals surface area contributed by atoms with Crippen LogP contribution in [0.3, 0.4) is 0 Å². The molecule has 0 spiro atoms. The van der Waals surface area contributed by atoms with E-state index in [1.54, 1.807) is 11.0 Å². The van der Waals surface area contributed by atoms with E-state index in [9.17, 15) is 9.59 Å². The number of carbonyl (C=O) groups excluding carboxylic acids is 2. The second kappa shape index (κ2) is 10.4. The van der Waals surface area contributed by atoms with Crippen molar-refractivity contribution in [3.63, 3.8) is 0 Å². The van der Waals surface area contributed by atoms with Crippen LogP contribution in [0.5, 0.6) is 0 Å². The van der Waals surface area contributed by atoms with Crippen molar-refractivity contribution in [3.05, 3.63) is 91.0 Å². The largest absolute Gasteiger partial charge is 0.443 e. The number of hydrogen-bond acceptors (Lipinski definition) is 4. The minimum atomic E-state index is -0.635. The number of ketones is 1. The summed E-state index contributed by atoms with van der Waals surface area (Å²) in [4.78, 5) is 30.8. The molecule has 180 valence electrons. The summed E-state index contributed by atoms with van der Waals surface area (Å²) >= 11 is 0. The molecule has 1 amide bonds. The van der Waals surface area contributed by atoms with E-state index in [2.05, 4.69) is 18.1 Å². The Kier molecular flexibility index (Phi) is 7.78. The number of anilines is 1. The van der Waals surface area contributed by atoms with Crippen molar-refractivity contribution >= 4 is 17.6 Å². The summed E-state index contributed by atoms with van der Waals surface area (Å²) < 4.78 is 5.72. The topological polar surface area (TPSA) is 49.9 Å². The normalized spacial score (nSPS) is 20.5. The first-order valence-corrected chi connectivity index (χ1v) is 11.8. The molecule has 0 aromatic heterocycles. The zero-order chi connectivity index (χ0) is 24.9. The molecule has 1 aliphatic rings. The second-order valence-electron chi connectivity index (χ2n) is 9.91. The van der Waals surface area contributed by atoms with Crippen LogP contribution in [0, 0.1) is 0 Å². The minimum absolute atomic E-state index is 0.0739. The summed E-state index contributed by atoms with van der Waals surface area (Å²) in [6, 6.07) is 16.9. The molecule has 0 unspecified atom stereocenters. The molecular weight excluding hydrogens is 424 g/mol. The van der Waals surface area contributed by atoms with E-state index >= 15 is 0 Å². The van der Waals surface area contributed by atoms with Crippen LogP contribution in [0.15, 0.2) is 79.9 Å². The Hall–Kier alpha value is -3.18. The van der Waals surface area contributed by atoms with E-state index in [1.165, 1.54) is 0 Å². The summed E-state index contributed by atoms with van der Waals surface area (Å²) in [5.74, 6) is 0.0739. The van der Waals surface area contributed by atoms with Gasteiger partial charge in [0.1, 0.15) is 5.60 Å². The predicted molar refractivity (Wildman–Crippen MR) is 139 cm³/mol. The number of allylic oxidation sites excluding steroid dienone is 1. The van der Waals surface area contributed by atoms with E-state index in [4.69, 9.17) is 4.74 Å². The molecule has 0 radical (unpaired) electrons. The van der Waals surface area contributed by atoms with Crippen LogP contribution in [0.25, 0.3) is 0 Å². The number of nitrogens with zero attached hydrogens (tertiary/aromatic N) is 2. The number of ether oxygens (including phenoxy) is 1. The molecule has 5 nitrogen and oxygen atoms in total. The van der Waals surface area contributed by atoms with Gasteiger partial charge in [0.05, 0.1) is 11.7 Å². The van der Waals surface area contributed by atoms with Crippen LogP contribution in [-0.4, -0.2) is 48.6 Å². The number of Topliss-reactive ketones (excluding diaryl/α,β-unsaturated/α-hetero) is 1. The Morgan fingerprint density at radius 2 is 1.74 bits per heavy atom. The maximum atomic E-state index is 13.9. The van der Waals surface area contributed by atoms with Gasteiger partial charge in [-0.15, -0.1) is 13.2 Å². The Bertz CT molecular complexity index is 1040. The quantitative estimate of drug-likeness (QED) is 0.357. The van der Waals surface area contributed by atoms with Crippen LogP contribution in [0.2, 0.25) is 0 Å². The third kappa shape index (κ3) is 5.15. The van der Waals surface area contributed by atoms with Gasteiger partial charge in [-0.3, -0.25) is 14.6 Å². The van der Waals surface area contributed by atoms with E-state index in [0.29, 0.717) is 18.5 Å². The van der Waals surface area contributed by atoms with Crippen molar-refractivity contribution < 1.29 is 14.3 Å². The van der Waals surface area contributed by atoms with Crippen LogP contribution >= 0.6 is 0 Å². The summed E-state index contributed by atoms with van der Waals surface area (Å²) in [7, 11) is 1.99. The highest BCUT2D eigenvalue weighted by Gasteiger charge is 2.51. The van der Waals surface area contributed by atoms with Gasteiger partial charge in [-0.2, -0.15) is 0 Å². The lowest BCUT2D eigenvalue weighted by Crippen LogP contribution is -2.48. The number of likely N-dealkylation sites (N-methyl/N-ethyl adjacent to an activating group) is 1. The van der Waals surface area contributed by atoms with Crippen molar-refractivity contribution in [2.24, 2.45) is 0 Å². The van der Waals surface area contributed by atoms with Gasteiger partial charge in [-0.25, -0.2) is 4.79 Å². The Morgan fingerprint density at radius 3 is 2.35 bits per heavy atom. The molecule has 1 heterocycles. The number of carbonyl (C=O) groups is 2. The number of hydrogen-bond donors (Lipinski definition) is 0. The SMILES string of the molecule is C=CCN(C(=O)OC(C)(C)C)c1ccccc1[C@@]1(CC=C)CCN(C)[C@@H]1C(=O)c1ccccc1. The molecule has 5 heteroatoms. The Labute approximate surface area is 203 Å². The van der Waals surface area contributed by atoms with Gasteiger partial charge in [0, 0.05) is 17.5 Å². The van der Waals surface area contributed by atoms with Crippen molar-refractivity contribution in [2.75, 3.05) is 25.0 Å². The smallest absolute Gasteiger partial charge is 0.415 e. The van der Waals surface area contributed by atoms with Gasteiger partial charge in [0.25, 0.3) is 0 Å². The second-order valence-corrected chi connectivity index (χ2v) is 9.91. The predicted octanol–water partition coefficient (Wildman–Crippen LogP) is 6.02. The van der Waals surface area contributed by atoms with Crippen molar-refractivity contribution in [1.29, 1.82) is 0 Å². The van der Waals surface area contributed by atoms with Crippen molar-refractivity contribution in [3.8, 4) is 0 Å². The lowest BCUT2D eigenvalue weighted by Gasteiger charge is -2.39. The molecule has 1 saturated heterocycles. The van der Waals surface area contributed by atoms with Crippen molar-refractivity contribution in [1.82, 2.24) is 4.90 Å². The molecule has 2 aromatic rings. The third-order valence-electron chi connectivity index (χ3n) is 6.35. The van der Waals surface area contributed by atoms with E-state index in [0.717, 1.165) is 24.2 Å². The maximum absolute atomic E-state index is 13.9. The molecule has 34 heavy (non-hydrogen) atoms. The highest BCUT2D eigenvalue weighted by molar-refractivity contribution is 6.02. The van der Waals surface area contributed by atoms with Gasteiger partial charge in [0.15, 0.2) is 5.78 Å². The number of likely N-dealkylation sites (tertiary alicyclic amines) is 1. The zero-order valence-corrected chi connectivity index (χ0v) is 20.8. The first kappa shape index (κ1) is 25.4. The van der Waals surface area contributed by atoms with Gasteiger partial charge >= 0.3 is 6.09 Å². The molecule has 2 aromatic carbocycles. The lowest BCUT2D eigenvalue weighted by molar-refractivity contribution is 0.0584. The van der Waals surface area contributed by atoms with E-state index in [-0.39, 0.29) is 5.78 Å². The standard InChI is InChI=1S/C29H36N2O3/c1-7-18-29(19-21-30(6)26(29)25(32)22-14-10-9-11-15-22)23-16-12-13-17-24(23)31(20-8-2)27(33)34-28(3,4)5/h7-17,26H,1-2,18-21H2,3-6H3/t26-,29-/m1/s1. The van der Waals surface area contributed by atoms with Crippen LogP contribution in [-0.2, 0) is 10.2 Å². The number of rotatable bonds is 8. The average molecular weight is 461 g/mol. The minimum Gasteiger partial charge on any atom is -0.443 e. The van der Waals surface area contributed by atoms with E-state index in [1.807, 2.05) is 88.5 Å². The highest BCUT2D eigenvalue weighted by atomic mass is 16.6. The Morgan fingerprint density at radius 1 is 1.09 bits per heavy atom. The molecule has 3 rings (SSSR count). The average Bonchev–Trinajstić information content (AvgIpc) is 3.13. The molecule has 0 aliphatic carbocycles. The van der Waals surface area contributed by atoms with Crippen molar-refractivity contribution in [2.45, 2.75) is 50.7 Å². The maximum Gasteiger partial charge on any atom is 0.415 e. The summed E-state index contributed by atoms with van der Waals surface area (Å²) in [5, 5.41) is 0. The van der Waals surface area contributed by atoms with Crippen LogP contribution in [0.1, 0.15) is 49.5 Å². The fourth-order valence-corrected chi connectivity index (χ4v) is 4.99. The lowest BCUT2D eigenvalue weighted by atomic mass is 9.69. The fraction of sp³-hybridized carbons (Fsp3) is 0.379. The number of para-hydroxylation sites is 1. The monoisotopic (exact) mass is 460 g/mol. The van der Waals surface area contributed by atoms with Crippen LogP contribution < -0.4 is 4.90 Å². The fourth-order valence-electron chi connectivity index (χ4n) is 4.99. The first-order chi connectivity index (χ1) is 16.1. The van der Waals surface area contributed by atoms with Gasteiger partial charge in [0.2, 0.25) is 0 Å². The zero-order valence-electron chi connectivity index (χ0n) is 20.8. The van der Waals surface area contributed by atoms with Gasteiger partial charge < -0.3 is 4.74 Å². The number of benzene rings is 2. The van der Waals surface area contributed by atoms with Crippen LogP contribution in [0.4, 0.5) is 10.5 Å². The summed E-state index contributed by atoms with van der Waals surface area (Å²) in [6.07, 6.45) is 4.51. The molecule has 0 saturated carbocycles. The molecule has 0 bridgehead atoms. The highest BCUT2D eigenvalue weighted by Crippen LogP contribution is 2.47. The molecule has 0 N–H and O–H groups in total. The molecular formula is C29H36N2O3. The molecule has 1 fully saturated rings. The molecule has 1 aliphatic heterocycles. The summed E-state index contributed by atoms with van der Waals surface area (Å²) in [5.41, 5.74) is 1.19. The first-order valence-electron chi connectivity index (χ1n) is 11.8. The summed E-state index contributed by atoms with van der Waals surface area (Å²) in [6.45, 7) is 14.5.